The molecule has 1 aromatic rings. The zero-order chi connectivity index (χ0) is 18.2. The summed E-state index contributed by atoms with van der Waals surface area (Å²) in [4.78, 5) is 27.5. The van der Waals surface area contributed by atoms with E-state index >= 15 is 0 Å². The molecular weight excluding hydrogens is 304 g/mol. The van der Waals surface area contributed by atoms with Crippen molar-refractivity contribution >= 4 is 17.7 Å². The number of ether oxygens (including phenoxy) is 1. The van der Waals surface area contributed by atoms with Crippen LogP contribution >= 0.6 is 0 Å². The number of allylic oxidation sites excluding steroid dienone is 2. The van der Waals surface area contributed by atoms with Gasteiger partial charge in [-0.15, -0.1) is 0 Å². The molecule has 0 spiro atoms. The van der Waals surface area contributed by atoms with E-state index in [9.17, 15) is 9.59 Å². The lowest BCUT2D eigenvalue weighted by Crippen LogP contribution is -2.24. The third-order valence-electron chi connectivity index (χ3n) is 2.84. The van der Waals surface area contributed by atoms with Gasteiger partial charge in [0.05, 0.1) is 6.42 Å². The number of pyridine rings is 1. The number of hydrogen-bond donors (Lipinski definition) is 1. The topological polar surface area (TPSA) is 68.3 Å². The predicted molar refractivity (Wildman–Crippen MR) is 94.3 cm³/mol. The average Bonchev–Trinajstić information content (AvgIpc) is 2.50. The first-order chi connectivity index (χ1) is 11.2. The van der Waals surface area contributed by atoms with Gasteiger partial charge in [-0.25, -0.2) is 4.98 Å². The molecule has 0 saturated carbocycles. The van der Waals surface area contributed by atoms with Crippen molar-refractivity contribution in [2.24, 2.45) is 0 Å². The minimum atomic E-state index is -0.544. The molecule has 0 atom stereocenters. The molecule has 1 heterocycles. The summed E-state index contributed by atoms with van der Waals surface area (Å²) >= 11 is 0. The molecule has 0 saturated heterocycles. The fourth-order valence-electron chi connectivity index (χ4n) is 1.60. The number of carbonyl (C=O) groups excluding carboxylic acids is 2. The Kier molecular flexibility index (Phi) is 7.19. The normalized spacial score (nSPS) is 11.3. The maximum absolute atomic E-state index is 11.8. The standard InChI is InChI=1S/C19H24N2O3/c1-6-14(2)7-8-15-9-10-16(20-13-15)21-17(22)11-12-18(23)24-19(3,4)5/h6,9-10,13H,11-12H2,1-5H3,(H,20,21,22)/b14-6+. The molecule has 5 heteroatoms. The van der Waals surface area contributed by atoms with Gasteiger partial charge in [0.15, 0.2) is 0 Å². The molecule has 24 heavy (non-hydrogen) atoms. The maximum atomic E-state index is 11.8. The van der Waals surface area contributed by atoms with Gasteiger partial charge in [-0.3, -0.25) is 9.59 Å². The molecule has 0 aliphatic carbocycles. The van der Waals surface area contributed by atoms with E-state index in [1.54, 1.807) is 39.1 Å². The molecule has 0 fully saturated rings. The number of nitrogens with one attached hydrogen (secondary N) is 1. The van der Waals surface area contributed by atoms with Crippen molar-refractivity contribution in [1.29, 1.82) is 0 Å². The smallest absolute Gasteiger partial charge is 0.306 e. The van der Waals surface area contributed by atoms with Crippen molar-refractivity contribution < 1.29 is 14.3 Å². The summed E-state index contributed by atoms with van der Waals surface area (Å²) in [7, 11) is 0. The summed E-state index contributed by atoms with van der Waals surface area (Å²) in [5.41, 5.74) is 1.20. The van der Waals surface area contributed by atoms with Gasteiger partial charge in [-0.2, -0.15) is 0 Å². The second-order valence-electron chi connectivity index (χ2n) is 6.29. The van der Waals surface area contributed by atoms with E-state index in [0.717, 1.165) is 11.1 Å². The molecule has 0 aliphatic heterocycles. The van der Waals surface area contributed by atoms with Gasteiger partial charge in [0.1, 0.15) is 11.4 Å². The van der Waals surface area contributed by atoms with Crippen molar-refractivity contribution in [1.82, 2.24) is 4.98 Å². The summed E-state index contributed by atoms with van der Waals surface area (Å²) in [6.07, 6.45) is 3.62. The number of carbonyl (C=O) groups is 2. The summed E-state index contributed by atoms with van der Waals surface area (Å²) < 4.78 is 5.16. The number of hydrogen-bond acceptors (Lipinski definition) is 4. The summed E-state index contributed by atoms with van der Waals surface area (Å²) in [5, 5.41) is 2.65. The Bertz CT molecular complexity index is 671. The summed E-state index contributed by atoms with van der Waals surface area (Å²) in [5.74, 6) is 5.73. The number of rotatable bonds is 4. The zero-order valence-electron chi connectivity index (χ0n) is 14.9. The van der Waals surface area contributed by atoms with E-state index in [1.165, 1.54) is 0 Å². The van der Waals surface area contributed by atoms with Crippen LogP contribution in [-0.4, -0.2) is 22.5 Å². The number of amides is 1. The van der Waals surface area contributed by atoms with Crippen LogP contribution in [0.2, 0.25) is 0 Å². The number of nitrogens with zero attached hydrogens (tertiary/aromatic N) is 1. The van der Waals surface area contributed by atoms with Crippen molar-refractivity contribution in [3.8, 4) is 11.8 Å². The Balaban J connectivity index is 2.50. The highest BCUT2D eigenvalue weighted by atomic mass is 16.6. The lowest BCUT2D eigenvalue weighted by Gasteiger charge is -2.19. The van der Waals surface area contributed by atoms with Gasteiger partial charge < -0.3 is 10.1 Å². The van der Waals surface area contributed by atoms with Crippen LogP contribution in [0.15, 0.2) is 30.0 Å². The van der Waals surface area contributed by atoms with Gasteiger partial charge in [0.25, 0.3) is 0 Å². The molecule has 128 valence electrons. The summed E-state index contributed by atoms with van der Waals surface area (Å²) in [6.45, 7) is 9.23. The molecule has 1 N–H and O–H groups in total. The molecule has 5 nitrogen and oxygen atoms in total. The highest BCUT2D eigenvalue weighted by Gasteiger charge is 2.17. The van der Waals surface area contributed by atoms with Crippen LogP contribution in [-0.2, 0) is 14.3 Å². The van der Waals surface area contributed by atoms with Crippen LogP contribution in [0.5, 0.6) is 0 Å². The van der Waals surface area contributed by atoms with Gasteiger partial charge >= 0.3 is 5.97 Å². The van der Waals surface area contributed by atoms with Crippen LogP contribution in [0.1, 0.15) is 53.0 Å². The minimum absolute atomic E-state index is 0.0370. The average molecular weight is 328 g/mol. The van der Waals surface area contributed by atoms with Crippen LogP contribution in [0.3, 0.4) is 0 Å². The van der Waals surface area contributed by atoms with Crippen LogP contribution in [0.4, 0.5) is 5.82 Å². The van der Waals surface area contributed by atoms with Crippen LogP contribution in [0.25, 0.3) is 0 Å². The van der Waals surface area contributed by atoms with Gasteiger partial charge in [0.2, 0.25) is 5.91 Å². The first-order valence-corrected chi connectivity index (χ1v) is 7.82. The van der Waals surface area contributed by atoms with Gasteiger partial charge in [-0.1, -0.05) is 17.9 Å². The Morgan fingerprint density at radius 3 is 2.54 bits per heavy atom. The molecular formula is C19H24N2O3. The third kappa shape index (κ3) is 8.14. The molecule has 1 rings (SSSR count). The van der Waals surface area contributed by atoms with Crippen molar-refractivity contribution in [2.45, 2.75) is 53.1 Å². The Morgan fingerprint density at radius 1 is 1.29 bits per heavy atom. The molecule has 0 radical (unpaired) electrons. The van der Waals surface area contributed by atoms with E-state index in [-0.39, 0.29) is 18.7 Å². The number of esters is 1. The van der Waals surface area contributed by atoms with Crippen molar-refractivity contribution in [3.63, 3.8) is 0 Å². The highest BCUT2D eigenvalue weighted by Crippen LogP contribution is 2.10. The van der Waals surface area contributed by atoms with E-state index in [2.05, 4.69) is 22.1 Å². The third-order valence-corrected chi connectivity index (χ3v) is 2.84. The van der Waals surface area contributed by atoms with E-state index in [1.807, 2.05) is 19.9 Å². The molecule has 0 aliphatic rings. The fourth-order valence-corrected chi connectivity index (χ4v) is 1.60. The Hall–Kier alpha value is -2.61. The molecule has 0 bridgehead atoms. The summed E-state index contributed by atoms with van der Waals surface area (Å²) in [6, 6.07) is 3.47. The largest absolute Gasteiger partial charge is 0.460 e. The number of aromatic nitrogens is 1. The van der Waals surface area contributed by atoms with Crippen molar-refractivity contribution in [2.75, 3.05) is 5.32 Å². The first-order valence-electron chi connectivity index (χ1n) is 7.82. The zero-order valence-corrected chi connectivity index (χ0v) is 14.9. The predicted octanol–water partition coefficient (Wildman–Crippen LogP) is 3.46. The maximum Gasteiger partial charge on any atom is 0.306 e. The van der Waals surface area contributed by atoms with Crippen molar-refractivity contribution in [3.05, 3.63) is 35.5 Å². The molecule has 0 aromatic carbocycles. The Labute approximate surface area is 143 Å². The highest BCUT2D eigenvalue weighted by molar-refractivity contribution is 5.91. The van der Waals surface area contributed by atoms with Gasteiger partial charge in [-0.05, 0) is 52.3 Å². The quantitative estimate of drug-likeness (QED) is 0.679. The SMILES string of the molecule is C/C=C(\C)C#Cc1ccc(NC(=O)CCC(=O)OC(C)(C)C)nc1. The molecule has 0 unspecified atom stereocenters. The first kappa shape index (κ1) is 19.4. The van der Waals surface area contributed by atoms with E-state index in [4.69, 9.17) is 4.74 Å². The molecule has 1 aromatic heterocycles. The monoisotopic (exact) mass is 328 g/mol. The second kappa shape index (κ2) is 8.88. The van der Waals surface area contributed by atoms with E-state index < -0.39 is 11.6 Å². The van der Waals surface area contributed by atoms with Crippen LogP contribution in [0, 0.1) is 11.8 Å². The van der Waals surface area contributed by atoms with Gasteiger partial charge in [0, 0.05) is 18.2 Å². The fraction of sp³-hybridized carbons (Fsp3) is 0.421. The van der Waals surface area contributed by atoms with E-state index in [0.29, 0.717) is 5.82 Å². The second-order valence-corrected chi connectivity index (χ2v) is 6.29. The number of anilines is 1. The lowest BCUT2D eigenvalue weighted by molar-refractivity contribution is -0.155. The molecule has 1 amide bonds. The van der Waals surface area contributed by atoms with Crippen LogP contribution < -0.4 is 5.32 Å². The minimum Gasteiger partial charge on any atom is -0.460 e. The lowest BCUT2D eigenvalue weighted by atomic mass is 10.2. The Morgan fingerprint density at radius 2 is 2.00 bits per heavy atom.